The Morgan fingerprint density at radius 1 is 0.375 bits per heavy atom. The molecule has 7 rings (SSSR count). The predicted molar refractivity (Wildman–Crippen MR) is 174 cm³/mol. The van der Waals surface area contributed by atoms with Gasteiger partial charge in [-0.2, -0.15) is 0 Å². The molecule has 0 aromatic heterocycles. The van der Waals surface area contributed by atoms with Gasteiger partial charge >= 0.3 is 0 Å². The average Bonchev–Trinajstić information content (AvgIpc) is 2.99. The van der Waals surface area contributed by atoms with Gasteiger partial charge in [0, 0.05) is 0 Å². The van der Waals surface area contributed by atoms with Crippen molar-refractivity contribution in [2.75, 3.05) is 0 Å². The van der Waals surface area contributed by atoms with Crippen molar-refractivity contribution in [3.8, 4) is 33.4 Å². The van der Waals surface area contributed by atoms with Crippen molar-refractivity contribution < 1.29 is 0 Å². The summed E-state index contributed by atoms with van der Waals surface area (Å²) in [7, 11) is 0. The summed E-state index contributed by atoms with van der Waals surface area (Å²) < 4.78 is 0. The largest absolute Gasteiger partial charge is 0.0622 e. The van der Waals surface area contributed by atoms with Gasteiger partial charge in [0.25, 0.3) is 0 Å². The second-order valence-electron chi connectivity index (χ2n) is 11.8. The molecule has 0 radical (unpaired) electrons. The fourth-order valence-corrected chi connectivity index (χ4v) is 6.39. The summed E-state index contributed by atoms with van der Waals surface area (Å²) in [6, 6.07) is 51.1. The van der Waals surface area contributed by atoms with Crippen LogP contribution >= 0.6 is 0 Å². The van der Waals surface area contributed by atoms with E-state index in [2.05, 4.69) is 160 Å². The van der Waals surface area contributed by atoms with E-state index in [1.54, 1.807) is 0 Å². The fourth-order valence-electron chi connectivity index (χ4n) is 6.39. The quantitative estimate of drug-likeness (QED) is 0.207. The predicted octanol–water partition coefficient (Wildman–Crippen LogP) is 11.4. The molecule has 0 fully saturated rings. The van der Waals surface area contributed by atoms with E-state index in [0.29, 0.717) is 0 Å². The molecule has 0 atom stereocenters. The van der Waals surface area contributed by atoms with E-state index in [0.717, 1.165) is 0 Å². The number of benzene rings is 7. The van der Waals surface area contributed by atoms with Gasteiger partial charge < -0.3 is 0 Å². The van der Waals surface area contributed by atoms with Crippen LogP contribution in [0.4, 0.5) is 0 Å². The van der Waals surface area contributed by atoms with Crippen LogP contribution < -0.4 is 0 Å². The topological polar surface area (TPSA) is 0 Å². The minimum atomic E-state index is -0.0229. The van der Waals surface area contributed by atoms with Crippen molar-refractivity contribution in [1.82, 2.24) is 0 Å². The van der Waals surface area contributed by atoms with Crippen molar-refractivity contribution in [3.63, 3.8) is 0 Å². The van der Waals surface area contributed by atoms with Crippen molar-refractivity contribution in [3.05, 3.63) is 145 Å². The van der Waals surface area contributed by atoms with E-state index < -0.39 is 0 Å². The Morgan fingerprint density at radius 3 is 1.62 bits per heavy atom. The first-order valence-electron chi connectivity index (χ1n) is 14.1. The zero-order chi connectivity index (χ0) is 27.3. The van der Waals surface area contributed by atoms with Crippen LogP contribution in [-0.2, 0) is 5.41 Å². The standard InChI is InChI=1S/C40H32/c1-40(2,3)39-36-18-10-9-17-34(36)38(33-19-11-15-30-14-7-8-16-32(30)33)35-25-24-31(26-37(35)39)29-22-20-28(21-23-29)27-12-5-4-6-13-27/h4-26H,1-3H3. The molecule has 0 saturated heterocycles. The van der Waals surface area contributed by atoms with E-state index in [1.165, 1.54) is 71.3 Å². The molecule has 0 aliphatic carbocycles. The first-order chi connectivity index (χ1) is 19.5. The summed E-state index contributed by atoms with van der Waals surface area (Å²) in [5.41, 5.74) is 8.97. The summed E-state index contributed by atoms with van der Waals surface area (Å²) in [5.74, 6) is 0. The summed E-state index contributed by atoms with van der Waals surface area (Å²) >= 11 is 0. The maximum atomic E-state index is 2.43. The van der Waals surface area contributed by atoms with Gasteiger partial charge in [-0.25, -0.2) is 0 Å². The zero-order valence-corrected chi connectivity index (χ0v) is 23.3. The van der Waals surface area contributed by atoms with Crippen LogP contribution in [0.1, 0.15) is 26.3 Å². The molecule has 192 valence electrons. The lowest BCUT2D eigenvalue weighted by atomic mass is 9.77. The molecule has 0 unspecified atom stereocenters. The van der Waals surface area contributed by atoms with Crippen molar-refractivity contribution in [2.45, 2.75) is 26.2 Å². The minimum absolute atomic E-state index is 0.0229. The van der Waals surface area contributed by atoms with Gasteiger partial charge in [-0.1, -0.05) is 154 Å². The van der Waals surface area contributed by atoms with Gasteiger partial charge in [-0.3, -0.25) is 0 Å². The highest BCUT2D eigenvalue weighted by atomic mass is 14.3. The molecule has 7 aromatic rings. The highest BCUT2D eigenvalue weighted by molar-refractivity contribution is 6.19. The SMILES string of the molecule is CC(C)(C)c1c2ccccc2c(-c2cccc3ccccc23)c2ccc(-c3ccc(-c4ccccc4)cc3)cc12. The van der Waals surface area contributed by atoms with E-state index >= 15 is 0 Å². The minimum Gasteiger partial charge on any atom is -0.0622 e. The van der Waals surface area contributed by atoms with Crippen LogP contribution in [0.5, 0.6) is 0 Å². The van der Waals surface area contributed by atoms with E-state index in [4.69, 9.17) is 0 Å². The zero-order valence-electron chi connectivity index (χ0n) is 23.3. The van der Waals surface area contributed by atoms with Crippen LogP contribution in [0, 0.1) is 0 Å². The second-order valence-corrected chi connectivity index (χ2v) is 11.8. The maximum Gasteiger partial charge on any atom is -0.00204 e. The van der Waals surface area contributed by atoms with Crippen LogP contribution in [0.3, 0.4) is 0 Å². The van der Waals surface area contributed by atoms with Gasteiger partial charge in [0.05, 0.1) is 0 Å². The Labute approximate surface area is 236 Å². The van der Waals surface area contributed by atoms with Crippen molar-refractivity contribution in [2.24, 2.45) is 0 Å². The number of rotatable bonds is 3. The van der Waals surface area contributed by atoms with Gasteiger partial charge in [0.15, 0.2) is 0 Å². The maximum absolute atomic E-state index is 2.43. The first kappa shape index (κ1) is 24.4. The molecule has 40 heavy (non-hydrogen) atoms. The summed E-state index contributed by atoms with van der Waals surface area (Å²) in [6.45, 7) is 7.02. The Kier molecular flexibility index (Phi) is 5.79. The molecule has 0 spiro atoms. The molecular weight excluding hydrogens is 480 g/mol. The number of fused-ring (bicyclic) bond motifs is 3. The highest BCUT2D eigenvalue weighted by Gasteiger charge is 2.24. The van der Waals surface area contributed by atoms with Gasteiger partial charge in [0.1, 0.15) is 0 Å². The Hall–Kier alpha value is -4.68. The molecule has 0 heteroatoms. The lowest BCUT2D eigenvalue weighted by Gasteiger charge is -2.27. The third-order valence-corrected chi connectivity index (χ3v) is 8.16. The molecule has 0 nitrogen and oxygen atoms in total. The van der Waals surface area contributed by atoms with Crippen molar-refractivity contribution >= 4 is 32.3 Å². The van der Waals surface area contributed by atoms with E-state index in [9.17, 15) is 0 Å². The van der Waals surface area contributed by atoms with Crippen LogP contribution in [-0.4, -0.2) is 0 Å². The number of hydrogen-bond donors (Lipinski definition) is 0. The van der Waals surface area contributed by atoms with E-state index in [-0.39, 0.29) is 5.41 Å². The molecule has 0 heterocycles. The molecule has 7 aromatic carbocycles. The molecule has 0 amide bonds. The third-order valence-electron chi connectivity index (χ3n) is 8.16. The lowest BCUT2D eigenvalue weighted by molar-refractivity contribution is 0.601. The molecule has 0 saturated carbocycles. The van der Waals surface area contributed by atoms with Gasteiger partial charge in [-0.05, 0) is 82.7 Å². The lowest BCUT2D eigenvalue weighted by Crippen LogP contribution is -2.13. The Morgan fingerprint density at radius 2 is 0.900 bits per heavy atom. The fraction of sp³-hybridized carbons (Fsp3) is 0.100. The van der Waals surface area contributed by atoms with Crippen molar-refractivity contribution in [1.29, 1.82) is 0 Å². The van der Waals surface area contributed by atoms with Gasteiger partial charge in [-0.15, -0.1) is 0 Å². The van der Waals surface area contributed by atoms with Crippen LogP contribution in [0.15, 0.2) is 140 Å². The third kappa shape index (κ3) is 4.08. The van der Waals surface area contributed by atoms with Crippen LogP contribution in [0.25, 0.3) is 65.7 Å². The second kappa shape index (κ2) is 9.50. The average molecular weight is 513 g/mol. The number of hydrogen-bond acceptors (Lipinski definition) is 0. The smallest absolute Gasteiger partial charge is 0.00204 e. The molecular formula is C40H32. The molecule has 0 bridgehead atoms. The molecule has 0 N–H and O–H groups in total. The summed E-state index contributed by atoms with van der Waals surface area (Å²) in [4.78, 5) is 0. The Bertz CT molecular complexity index is 2000. The van der Waals surface area contributed by atoms with Gasteiger partial charge in [0.2, 0.25) is 0 Å². The van der Waals surface area contributed by atoms with Crippen LogP contribution in [0.2, 0.25) is 0 Å². The summed E-state index contributed by atoms with van der Waals surface area (Å²) in [5, 5.41) is 7.86. The van der Waals surface area contributed by atoms with E-state index in [1.807, 2.05) is 0 Å². The monoisotopic (exact) mass is 512 g/mol. The first-order valence-corrected chi connectivity index (χ1v) is 14.1. The molecule has 0 aliphatic rings. The summed E-state index contributed by atoms with van der Waals surface area (Å²) in [6.07, 6.45) is 0. The highest BCUT2D eigenvalue weighted by Crippen LogP contribution is 2.46. The molecule has 0 aliphatic heterocycles. The normalized spacial score (nSPS) is 11.9. The Balaban J connectivity index is 1.52.